The largest absolute Gasteiger partial charge is 0.504 e. The van der Waals surface area contributed by atoms with Gasteiger partial charge in [0.15, 0.2) is 11.5 Å². The first-order chi connectivity index (χ1) is 24.6. The minimum absolute atomic E-state index is 0.0123. The van der Waals surface area contributed by atoms with Gasteiger partial charge in [-0.2, -0.15) is 5.01 Å². The van der Waals surface area contributed by atoms with Crippen LogP contribution in [0.1, 0.15) is 29.5 Å². The number of amides is 2. The standard InChI is InChI=1S/C37H28ClFIN5O6/c1-51-30-18-20(17-28(40)32(30)46)31-26-15-16-42-35(49)43(25-5-3-2-4-6-25)36(50)45(42)29(26)19-27-33(47)44(41-24-13-11-23(39)12-14-24)34(48)37(27,31)21-7-9-22(38)10-8-21/h2-15,17-18,27,29,31,41,46H,16,19H2,1H3/t27-,29+,31-,37+/m0/s1. The second-order valence-corrected chi connectivity index (χ2v) is 14.2. The highest BCUT2D eigenvalue weighted by Crippen LogP contribution is 2.62. The fourth-order valence-electron chi connectivity index (χ4n) is 8.01. The maximum Gasteiger partial charge on any atom is 0.352 e. The number of halogens is 3. The van der Waals surface area contributed by atoms with Gasteiger partial charge < -0.3 is 9.84 Å². The van der Waals surface area contributed by atoms with Crippen LogP contribution in [0.3, 0.4) is 0 Å². The van der Waals surface area contributed by atoms with Gasteiger partial charge in [-0.3, -0.25) is 15.0 Å². The first-order valence-corrected chi connectivity index (χ1v) is 17.4. The molecule has 5 aromatic rings. The average Bonchev–Trinajstić information content (AvgIpc) is 3.51. The first kappa shape index (κ1) is 33.0. The van der Waals surface area contributed by atoms with Crippen molar-refractivity contribution in [2.45, 2.75) is 30.3 Å². The number of anilines is 1. The Morgan fingerprint density at radius 3 is 2.35 bits per heavy atom. The average molecular weight is 820 g/mol. The Morgan fingerprint density at radius 2 is 1.67 bits per heavy atom. The third-order valence-electron chi connectivity index (χ3n) is 10.1. The Bertz CT molecular complexity index is 2390. The summed E-state index contributed by atoms with van der Waals surface area (Å²) in [5.74, 6) is -3.55. The SMILES string of the molecule is COc1cc([C@H]2C3=CCn4c(=O)n(-c5ccccc5)c(=O)n4[C@@H]3C[C@H]3C(=O)N(Nc4ccc(F)cc4)C(=O)[C@@]23c2ccc(Cl)cc2)cc(I)c1O. The van der Waals surface area contributed by atoms with Gasteiger partial charge >= 0.3 is 11.4 Å². The van der Waals surface area contributed by atoms with E-state index in [0.29, 0.717) is 36.7 Å². The molecule has 11 nitrogen and oxygen atoms in total. The molecule has 3 aliphatic rings. The summed E-state index contributed by atoms with van der Waals surface area (Å²) in [6.07, 6.45) is 1.83. The van der Waals surface area contributed by atoms with Crippen LogP contribution in [0.5, 0.6) is 11.5 Å². The predicted octanol–water partition coefficient (Wildman–Crippen LogP) is 5.53. The molecular weight excluding hydrogens is 792 g/mol. The number of benzene rings is 4. The molecule has 2 aliphatic heterocycles. The number of rotatable bonds is 6. The predicted molar refractivity (Wildman–Crippen MR) is 195 cm³/mol. The van der Waals surface area contributed by atoms with Crippen molar-refractivity contribution in [1.82, 2.24) is 18.9 Å². The molecule has 0 unspecified atom stereocenters. The number of nitrogens with zero attached hydrogens (tertiary/aromatic N) is 4. The second-order valence-electron chi connectivity index (χ2n) is 12.6. The van der Waals surface area contributed by atoms with Gasteiger partial charge in [0.2, 0.25) is 0 Å². The van der Waals surface area contributed by atoms with Crippen molar-refractivity contribution < 1.29 is 23.8 Å². The molecule has 1 aromatic heterocycles. The normalized spacial score (nSPS) is 22.2. The number of fused-ring (bicyclic) bond motifs is 4. The van der Waals surface area contributed by atoms with Crippen molar-refractivity contribution in [3.63, 3.8) is 0 Å². The summed E-state index contributed by atoms with van der Waals surface area (Å²) in [6, 6.07) is 23.1. The van der Waals surface area contributed by atoms with Gasteiger partial charge in [0.1, 0.15) is 5.82 Å². The summed E-state index contributed by atoms with van der Waals surface area (Å²) in [4.78, 5) is 58.1. The number of ether oxygens (including phenoxy) is 1. The van der Waals surface area contributed by atoms with Crippen LogP contribution in [0, 0.1) is 15.3 Å². The van der Waals surface area contributed by atoms with Crippen molar-refractivity contribution >= 4 is 51.7 Å². The number of methoxy groups -OCH3 is 1. The quantitative estimate of drug-likeness (QED) is 0.131. The Labute approximate surface area is 308 Å². The number of hydrazine groups is 1. The third kappa shape index (κ3) is 4.88. The van der Waals surface area contributed by atoms with E-state index in [9.17, 15) is 23.9 Å². The monoisotopic (exact) mass is 819 g/mol. The first-order valence-electron chi connectivity index (χ1n) is 16.0. The number of allylic oxidation sites excluding steroid dienone is 2. The number of phenolic OH excluding ortho intramolecular Hbond substituents is 1. The third-order valence-corrected chi connectivity index (χ3v) is 11.2. The Kier molecular flexibility index (Phi) is 7.94. The smallest absolute Gasteiger partial charge is 0.352 e. The fraction of sp³-hybridized carbons (Fsp3) is 0.189. The van der Waals surface area contributed by atoms with Gasteiger partial charge in [-0.05, 0) is 106 Å². The summed E-state index contributed by atoms with van der Waals surface area (Å²) in [6.45, 7) is 0.0175. The number of phenols is 1. The molecule has 4 atom stereocenters. The van der Waals surface area contributed by atoms with E-state index in [4.69, 9.17) is 16.3 Å². The van der Waals surface area contributed by atoms with Gasteiger partial charge in [-0.1, -0.05) is 48.0 Å². The van der Waals surface area contributed by atoms with E-state index >= 15 is 4.79 Å². The van der Waals surface area contributed by atoms with Gasteiger partial charge in [-0.25, -0.2) is 27.9 Å². The Morgan fingerprint density at radius 1 is 0.961 bits per heavy atom. The van der Waals surface area contributed by atoms with Crippen LogP contribution in [-0.2, 0) is 21.5 Å². The van der Waals surface area contributed by atoms with Gasteiger partial charge in [0.25, 0.3) is 11.8 Å². The van der Waals surface area contributed by atoms with Crippen LogP contribution in [0.4, 0.5) is 10.1 Å². The van der Waals surface area contributed by atoms with E-state index < -0.39 is 52.3 Å². The lowest BCUT2D eigenvalue weighted by Crippen LogP contribution is -2.53. The number of carbonyl (C=O) groups excluding carboxylic acids is 2. The van der Waals surface area contributed by atoms with Crippen LogP contribution in [0.15, 0.2) is 112 Å². The zero-order chi connectivity index (χ0) is 35.8. The lowest BCUT2D eigenvalue weighted by atomic mass is 9.53. The molecule has 4 aromatic carbocycles. The molecule has 1 saturated heterocycles. The van der Waals surface area contributed by atoms with Crippen LogP contribution in [0.25, 0.3) is 5.69 Å². The minimum Gasteiger partial charge on any atom is -0.504 e. The highest BCUT2D eigenvalue weighted by atomic mass is 127. The molecule has 0 bridgehead atoms. The summed E-state index contributed by atoms with van der Waals surface area (Å²) in [7, 11) is 1.42. The zero-order valence-corrected chi connectivity index (χ0v) is 29.7. The summed E-state index contributed by atoms with van der Waals surface area (Å²) < 4.78 is 23.7. The molecule has 51 heavy (non-hydrogen) atoms. The molecule has 1 aliphatic carbocycles. The van der Waals surface area contributed by atoms with Crippen molar-refractivity contribution in [3.8, 4) is 17.2 Å². The lowest BCUT2D eigenvalue weighted by Gasteiger charge is -2.49. The molecular formula is C37H28ClFIN5O6. The molecule has 8 rings (SSSR count). The van der Waals surface area contributed by atoms with Crippen LogP contribution >= 0.6 is 34.2 Å². The summed E-state index contributed by atoms with van der Waals surface area (Å²) >= 11 is 8.33. The number of aromatic nitrogens is 3. The van der Waals surface area contributed by atoms with E-state index in [-0.39, 0.29) is 24.5 Å². The number of nitrogens with one attached hydrogen (secondary N) is 1. The van der Waals surface area contributed by atoms with E-state index in [2.05, 4.69) is 5.43 Å². The molecule has 2 amide bonds. The van der Waals surface area contributed by atoms with E-state index in [1.165, 1.54) is 40.7 Å². The second kappa shape index (κ2) is 12.3. The van der Waals surface area contributed by atoms with Crippen molar-refractivity contribution in [3.05, 3.63) is 149 Å². The molecule has 2 fully saturated rings. The molecule has 258 valence electrons. The zero-order valence-electron chi connectivity index (χ0n) is 26.8. The van der Waals surface area contributed by atoms with E-state index in [1.54, 1.807) is 66.7 Å². The highest BCUT2D eigenvalue weighted by Gasteiger charge is 2.69. The maximum absolute atomic E-state index is 15.2. The minimum atomic E-state index is -1.60. The number of carbonyl (C=O) groups is 2. The van der Waals surface area contributed by atoms with Gasteiger partial charge in [0.05, 0.1) is 46.0 Å². The molecule has 2 N–H and O–H groups in total. The number of imide groups is 1. The molecule has 3 heterocycles. The molecule has 14 heteroatoms. The van der Waals surface area contributed by atoms with E-state index in [0.717, 1.165) is 9.58 Å². The van der Waals surface area contributed by atoms with Gasteiger partial charge in [-0.15, -0.1) is 0 Å². The summed E-state index contributed by atoms with van der Waals surface area (Å²) in [5.41, 5.74) is 2.58. The van der Waals surface area contributed by atoms with Crippen LogP contribution in [0.2, 0.25) is 5.02 Å². The maximum atomic E-state index is 15.2. The lowest BCUT2D eigenvalue weighted by molar-refractivity contribution is -0.138. The summed E-state index contributed by atoms with van der Waals surface area (Å²) in [5, 5.41) is 12.3. The Hall–Kier alpha value is -5.15. The highest BCUT2D eigenvalue weighted by molar-refractivity contribution is 14.1. The van der Waals surface area contributed by atoms with Crippen LogP contribution < -0.4 is 21.5 Å². The topological polar surface area (TPSA) is 128 Å². The van der Waals surface area contributed by atoms with Crippen molar-refractivity contribution in [1.29, 1.82) is 0 Å². The Balaban J connectivity index is 1.40. The van der Waals surface area contributed by atoms with Crippen molar-refractivity contribution in [2.24, 2.45) is 5.92 Å². The number of para-hydroxylation sites is 1. The van der Waals surface area contributed by atoms with Crippen molar-refractivity contribution in [2.75, 3.05) is 12.5 Å². The number of hydrogen-bond donors (Lipinski definition) is 2. The fourth-order valence-corrected chi connectivity index (χ4v) is 8.76. The van der Waals surface area contributed by atoms with E-state index in [1.807, 2.05) is 28.7 Å². The molecule has 0 spiro atoms. The van der Waals surface area contributed by atoms with Gasteiger partial charge in [0, 0.05) is 10.9 Å². The number of hydrogen-bond acceptors (Lipinski definition) is 7. The molecule has 1 saturated carbocycles. The number of aromatic hydroxyl groups is 1. The molecule has 0 radical (unpaired) electrons. The van der Waals surface area contributed by atoms with Crippen LogP contribution in [-0.4, -0.2) is 43.0 Å².